The molecule has 3 aromatic rings. The Labute approximate surface area is 226 Å². The zero-order valence-corrected chi connectivity index (χ0v) is 23.6. The molecular weight excluding hydrogens is 548 g/mol. The maximum absolute atomic E-state index is 13.3. The molecule has 12 heteroatoms. The lowest BCUT2D eigenvalue weighted by Crippen LogP contribution is -2.38. The van der Waals surface area contributed by atoms with Crippen LogP contribution < -0.4 is 9.64 Å². The number of likely N-dealkylation sites (N-methyl/N-ethyl adjacent to an activating group) is 1. The van der Waals surface area contributed by atoms with Crippen molar-refractivity contribution in [3.63, 3.8) is 0 Å². The van der Waals surface area contributed by atoms with Gasteiger partial charge in [-0.3, -0.25) is 9.69 Å². The molecule has 0 fully saturated rings. The van der Waals surface area contributed by atoms with E-state index in [1.165, 1.54) is 23.5 Å². The number of hydrogen-bond acceptors (Lipinski definition) is 7. The fourth-order valence-corrected chi connectivity index (χ4v) is 6.25. The van der Waals surface area contributed by atoms with Crippen LogP contribution in [0.3, 0.4) is 0 Å². The minimum atomic E-state index is -3.62. The van der Waals surface area contributed by atoms with Gasteiger partial charge in [0.15, 0.2) is 15.0 Å². The van der Waals surface area contributed by atoms with Crippen molar-refractivity contribution in [2.75, 3.05) is 43.9 Å². The summed E-state index contributed by atoms with van der Waals surface area (Å²) in [6.45, 7) is 6.84. The molecule has 198 valence electrons. The summed E-state index contributed by atoms with van der Waals surface area (Å²) >= 11 is 7.67. The number of amides is 1. The lowest BCUT2D eigenvalue weighted by atomic mass is 10.3. The minimum Gasteiger partial charge on any atom is -0.494 e. The van der Waals surface area contributed by atoms with E-state index in [-0.39, 0.29) is 41.8 Å². The van der Waals surface area contributed by atoms with Gasteiger partial charge >= 0.3 is 0 Å². The van der Waals surface area contributed by atoms with Gasteiger partial charge in [0.25, 0.3) is 0 Å². The van der Waals surface area contributed by atoms with E-state index in [4.69, 9.17) is 16.3 Å². The first-order valence-electron chi connectivity index (χ1n) is 11.3. The summed E-state index contributed by atoms with van der Waals surface area (Å²) in [7, 11) is -2.08. The number of benzene rings is 2. The molecule has 1 aromatic heterocycles. The highest BCUT2D eigenvalue weighted by atomic mass is 35.5. The summed E-state index contributed by atoms with van der Waals surface area (Å²) in [5.74, 6) is -0.377. The van der Waals surface area contributed by atoms with E-state index < -0.39 is 15.7 Å². The van der Waals surface area contributed by atoms with Crippen LogP contribution in [0.4, 0.5) is 9.52 Å². The number of fused-ring (bicyclic) bond motifs is 1. The van der Waals surface area contributed by atoms with Gasteiger partial charge in [-0.1, -0.05) is 36.8 Å². The molecule has 0 spiro atoms. The first kappa shape index (κ1) is 30.2. The normalized spacial score (nSPS) is 11.5. The number of carbonyl (C=O) groups is 1. The number of sulfone groups is 1. The number of methoxy groups -OCH3 is 1. The molecule has 1 amide bonds. The maximum atomic E-state index is 13.3. The van der Waals surface area contributed by atoms with Gasteiger partial charge < -0.3 is 9.64 Å². The molecular formula is C24H30Cl2FN3O4S2. The first-order chi connectivity index (χ1) is 16.7. The topological polar surface area (TPSA) is 79.8 Å². The number of rotatable bonds is 12. The maximum Gasteiger partial charge on any atom is 0.228 e. The Balaban J connectivity index is 0.00000456. The van der Waals surface area contributed by atoms with Crippen LogP contribution >= 0.6 is 35.3 Å². The van der Waals surface area contributed by atoms with Gasteiger partial charge in [0.2, 0.25) is 5.91 Å². The van der Waals surface area contributed by atoms with Gasteiger partial charge in [-0.15, -0.1) is 12.4 Å². The second-order valence-electron chi connectivity index (χ2n) is 7.87. The molecule has 1 heterocycles. The number of nitrogens with zero attached hydrogens (tertiary/aromatic N) is 3. The standard InChI is InChI=1S/C24H29ClFN3O4S2.ClH/c1-4-28(5-2)14-15-29(24-27-22-20(33-3)13-12-19(25)23(22)34-24)21(30)7-6-16-35(31,32)18-10-8-17(26)9-11-18;/h8-13H,4-7,14-16H2,1-3H3;1H. The molecule has 36 heavy (non-hydrogen) atoms. The summed E-state index contributed by atoms with van der Waals surface area (Å²) in [5, 5.41) is 1.01. The molecule has 0 unspecified atom stereocenters. The largest absolute Gasteiger partial charge is 0.494 e. The van der Waals surface area contributed by atoms with Crippen molar-refractivity contribution in [1.82, 2.24) is 9.88 Å². The third kappa shape index (κ3) is 7.29. The van der Waals surface area contributed by atoms with Crippen LogP contribution in [-0.4, -0.2) is 63.3 Å². The molecule has 3 rings (SSSR count). The predicted octanol–water partition coefficient (Wildman–Crippen LogP) is 5.45. The van der Waals surface area contributed by atoms with Crippen molar-refractivity contribution in [1.29, 1.82) is 0 Å². The Bertz CT molecular complexity index is 1270. The van der Waals surface area contributed by atoms with E-state index in [0.717, 1.165) is 29.9 Å². The van der Waals surface area contributed by atoms with E-state index in [2.05, 4.69) is 23.7 Å². The molecule has 2 aromatic carbocycles. The Hall–Kier alpha value is -1.98. The van der Waals surface area contributed by atoms with E-state index in [0.29, 0.717) is 34.5 Å². The number of aromatic nitrogens is 1. The molecule has 0 aliphatic carbocycles. The lowest BCUT2D eigenvalue weighted by molar-refractivity contribution is -0.118. The average molecular weight is 579 g/mol. The van der Waals surface area contributed by atoms with Crippen LogP contribution in [0.15, 0.2) is 41.3 Å². The van der Waals surface area contributed by atoms with Crippen LogP contribution in [0.25, 0.3) is 10.2 Å². The Morgan fingerprint density at radius 1 is 1.11 bits per heavy atom. The Kier molecular flexibility index (Phi) is 11.4. The number of anilines is 1. The van der Waals surface area contributed by atoms with Gasteiger partial charge in [-0.2, -0.15) is 0 Å². The van der Waals surface area contributed by atoms with Crippen molar-refractivity contribution in [3.8, 4) is 5.75 Å². The zero-order chi connectivity index (χ0) is 25.6. The van der Waals surface area contributed by atoms with Crippen LogP contribution in [0.1, 0.15) is 26.7 Å². The van der Waals surface area contributed by atoms with Crippen LogP contribution in [0.5, 0.6) is 5.75 Å². The summed E-state index contributed by atoms with van der Waals surface area (Å²) in [5.41, 5.74) is 0.583. The molecule has 0 atom stereocenters. The zero-order valence-electron chi connectivity index (χ0n) is 20.4. The van der Waals surface area contributed by atoms with E-state index in [9.17, 15) is 17.6 Å². The second-order valence-corrected chi connectivity index (χ2v) is 11.4. The van der Waals surface area contributed by atoms with Crippen LogP contribution in [0, 0.1) is 5.82 Å². The van der Waals surface area contributed by atoms with Gasteiger partial charge in [0.1, 0.15) is 17.1 Å². The Morgan fingerprint density at radius 3 is 2.39 bits per heavy atom. The highest BCUT2D eigenvalue weighted by Crippen LogP contribution is 2.38. The number of carbonyl (C=O) groups excluding carboxylic acids is 1. The summed E-state index contributed by atoms with van der Waals surface area (Å²) in [6, 6.07) is 8.16. The van der Waals surface area contributed by atoms with Gasteiger partial charge in [-0.25, -0.2) is 17.8 Å². The Morgan fingerprint density at radius 2 is 1.78 bits per heavy atom. The van der Waals surface area contributed by atoms with Gasteiger partial charge in [-0.05, 0) is 55.9 Å². The molecule has 0 radical (unpaired) electrons. The van der Waals surface area contributed by atoms with Crippen molar-refractivity contribution in [3.05, 3.63) is 47.2 Å². The van der Waals surface area contributed by atoms with Crippen molar-refractivity contribution in [2.24, 2.45) is 0 Å². The van der Waals surface area contributed by atoms with Crippen molar-refractivity contribution >= 4 is 66.4 Å². The fraction of sp³-hybridized carbons (Fsp3) is 0.417. The van der Waals surface area contributed by atoms with Crippen molar-refractivity contribution < 1.29 is 22.3 Å². The smallest absolute Gasteiger partial charge is 0.228 e. The van der Waals surface area contributed by atoms with Gasteiger partial charge in [0.05, 0.1) is 27.5 Å². The highest BCUT2D eigenvalue weighted by Gasteiger charge is 2.23. The number of halogens is 3. The molecule has 0 aliphatic rings. The van der Waals surface area contributed by atoms with E-state index in [1.807, 2.05) is 0 Å². The van der Waals surface area contributed by atoms with Crippen molar-refractivity contribution in [2.45, 2.75) is 31.6 Å². The summed E-state index contributed by atoms with van der Waals surface area (Å²) in [4.78, 5) is 21.8. The monoisotopic (exact) mass is 577 g/mol. The first-order valence-corrected chi connectivity index (χ1v) is 14.2. The minimum absolute atomic E-state index is 0. The number of thiazole rings is 1. The molecule has 0 saturated heterocycles. The second kappa shape index (κ2) is 13.5. The lowest BCUT2D eigenvalue weighted by Gasteiger charge is -2.24. The van der Waals surface area contributed by atoms with Crippen LogP contribution in [0.2, 0.25) is 5.02 Å². The molecule has 0 aliphatic heterocycles. The van der Waals surface area contributed by atoms with Gasteiger partial charge in [0, 0.05) is 19.5 Å². The number of hydrogen-bond donors (Lipinski definition) is 0. The molecule has 0 bridgehead atoms. The third-order valence-corrected chi connectivity index (χ3v) is 9.07. The van der Waals surface area contributed by atoms with Crippen LogP contribution in [-0.2, 0) is 14.6 Å². The predicted molar refractivity (Wildman–Crippen MR) is 146 cm³/mol. The summed E-state index contributed by atoms with van der Waals surface area (Å²) < 4.78 is 44.5. The van der Waals surface area contributed by atoms with E-state index in [1.54, 1.807) is 24.1 Å². The van der Waals surface area contributed by atoms with E-state index >= 15 is 0 Å². The highest BCUT2D eigenvalue weighted by molar-refractivity contribution is 7.91. The average Bonchev–Trinajstić information content (AvgIpc) is 3.28. The number of ether oxygens (including phenoxy) is 1. The fourth-order valence-electron chi connectivity index (χ4n) is 3.64. The summed E-state index contributed by atoms with van der Waals surface area (Å²) in [6.07, 6.45) is 0.161. The molecule has 0 N–H and O–H groups in total. The molecule has 0 saturated carbocycles. The molecule has 7 nitrogen and oxygen atoms in total. The quantitative estimate of drug-likeness (QED) is 0.266. The SMILES string of the molecule is CCN(CC)CCN(C(=O)CCCS(=O)(=O)c1ccc(F)cc1)c1nc2c(OC)ccc(Cl)c2s1.Cl. The third-order valence-electron chi connectivity index (χ3n) is 5.71.